The minimum absolute atomic E-state index is 0.0661. The van der Waals surface area contributed by atoms with Gasteiger partial charge in [-0.05, 0) is 41.3 Å². The van der Waals surface area contributed by atoms with Crippen LogP contribution in [0.3, 0.4) is 0 Å². The number of hydrogen-bond donors (Lipinski definition) is 0. The molecular formula is C16H13Cl2N3O. The van der Waals surface area contributed by atoms with E-state index in [2.05, 4.69) is 10.0 Å². The van der Waals surface area contributed by atoms with Crippen molar-refractivity contribution in [3.05, 3.63) is 73.6 Å². The predicted octanol–water partition coefficient (Wildman–Crippen LogP) is 5.89. The van der Waals surface area contributed by atoms with Crippen molar-refractivity contribution in [2.45, 2.75) is 18.4 Å². The van der Waals surface area contributed by atoms with Crippen LogP contribution in [-0.4, -0.2) is 7.11 Å². The summed E-state index contributed by atoms with van der Waals surface area (Å²) in [7, 11) is 1.64. The van der Waals surface area contributed by atoms with Crippen LogP contribution in [0.1, 0.15) is 35.1 Å². The summed E-state index contributed by atoms with van der Waals surface area (Å²) in [5.41, 5.74) is 11.9. The molecule has 0 N–H and O–H groups in total. The van der Waals surface area contributed by atoms with Crippen molar-refractivity contribution in [3.63, 3.8) is 0 Å². The van der Waals surface area contributed by atoms with E-state index in [4.69, 9.17) is 33.5 Å². The summed E-state index contributed by atoms with van der Waals surface area (Å²) in [5, 5.41) is 4.96. The van der Waals surface area contributed by atoms with Crippen molar-refractivity contribution < 1.29 is 4.74 Å². The van der Waals surface area contributed by atoms with Gasteiger partial charge in [-0.3, -0.25) is 0 Å². The Morgan fingerprint density at radius 3 is 2.73 bits per heavy atom. The lowest BCUT2D eigenvalue weighted by atomic mass is 9.92. The monoisotopic (exact) mass is 333 g/mol. The summed E-state index contributed by atoms with van der Waals surface area (Å²) in [4.78, 5) is 2.97. The van der Waals surface area contributed by atoms with Crippen LogP contribution in [-0.2, 0) is 0 Å². The van der Waals surface area contributed by atoms with Gasteiger partial charge in [0.1, 0.15) is 5.75 Å². The number of halogens is 2. The Hall–Kier alpha value is -1.87. The number of methoxy groups -OCH3 is 1. The Balaban J connectivity index is 2.15. The van der Waals surface area contributed by atoms with Crippen LogP contribution in [0.2, 0.25) is 10.0 Å². The first-order chi connectivity index (χ1) is 10.7. The van der Waals surface area contributed by atoms with Crippen molar-refractivity contribution in [1.82, 2.24) is 0 Å². The molecule has 4 nitrogen and oxygen atoms in total. The van der Waals surface area contributed by atoms with E-state index in [-0.39, 0.29) is 12.0 Å². The molecule has 1 aliphatic carbocycles. The summed E-state index contributed by atoms with van der Waals surface area (Å²) in [6.07, 6.45) is 0.692. The fourth-order valence-corrected chi connectivity index (χ4v) is 3.38. The third-order valence-electron chi connectivity index (χ3n) is 4.02. The van der Waals surface area contributed by atoms with Gasteiger partial charge < -0.3 is 4.74 Å². The topological polar surface area (TPSA) is 58.0 Å². The predicted molar refractivity (Wildman–Crippen MR) is 87.8 cm³/mol. The molecule has 22 heavy (non-hydrogen) atoms. The molecule has 2 aromatic carbocycles. The van der Waals surface area contributed by atoms with Crippen molar-refractivity contribution in [1.29, 1.82) is 0 Å². The highest BCUT2D eigenvalue weighted by molar-refractivity contribution is 6.42. The molecule has 0 saturated heterocycles. The Labute approximate surface area is 138 Å². The molecule has 0 amide bonds. The fourth-order valence-electron chi connectivity index (χ4n) is 3.07. The van der Waals surface area contributed by atoms with E-state index in [0.717, 1.165) is 22.4 Å². The van der Waals surface area contributed by atoms with Crippen molar-refractivity contribution in [3.8, 4) is 5.75 Å². The average Bonchev–Trinajstić information content (AvgIpc) is 2.89. The maximum absolute atomic E-state index is 8.80. The Morgan fingerprint density at radius 2 is 2.05 bits per heavy atom. The molecule has 0 spiro atoms. The van der Waals surface area contributed by atoms with Crippen molar-refractivity contribution >= 4 is 23.2 Å². The van der Waals surface area contributed by atoms with Crippen molar-refractivity contribution in [2.75, 3.05) is 7.11 Å². The van der Waals surface area contributed by atoms with Crippen LogP contribution in [0.5, 0.6) is 5.75 Å². The Morgan fingerprint density at radius 1 is 1.23 bits per heavy atom. The molecule has 2 atom stereocenters. The lowest BCUT2D eigenvalue weighted by Crippen LogP contribution is -1.99. The van der Waals surface area contributed by atoms with Gasteiger partial charge in [0, 0.05) is 16.4 Å². The fraction of sp³-hybridized carbons (Fsp3) is 0.250. The second-order valence-corrected chi connectivity index (χ2v) is 5.96. The largest absolute Gasteiger partial charge is 0.496 e. The number of hydrogen-bond acceptors (Lipinski definition) is 2. The molecule has 112 valence electrons. The maximum Gasteiger partial charge on any atom is 0.122 e. The zero-order valence-electron chi connectivity index (χ0n) is 11.8. The number of azide groups is 1. The maximum atomic E-state index is 8.80. The van der Waals surface area contributed by atoms with Crippen LogP contribution in [0.4, 0.5) is 0 Å². The van der Waals surface area contributed by atoms with Gasteiger partial charge in [-0.1, -0.05) is 46.5 Å². The van der Waals surface area contributed by atoms with Gasteiger partial charge in [0.15, 0.2) is 0 Å². The van der Waals surface area contributed by atoms with E-state index in [1.165, 1.54) is 0 Å². The normalized spacial score (nSPS) is 19.4. The second-order valence-electron chi connectivity index (χ2n) is 5.15. The molecule has 3 rings (SSSR count). The lowest BCUT2D eigenvalue weighted by Gasteiger charge is -2.16. The summed E-state index contributed by atoms with van der Waals surface area (Å²) >= 11 is 12.1. The highest BCUT2D eigenvalue weighted by atomic mass is 35.5. The average molecular weight is 334 g/mol. The molecule has 6 heteroatoms. The summed E-state index contributed by atoms with van der Waals surface area (Å²) in [5.74, 6) is 0.862. The minimum Gasteiger partial charge on any atom is -0.496 e. The molecule has 2 aromatic rings. The number of ether oxygens (including phenoxy) is 1. The quantitative estimate of drug-likeness (QED) is 0.392. The molecule has 0 fully saturated rings. The van der Waals surface area contributed by atoms with Gasteiger partial charge in [-0.2, -0.15) is 0 Å². The third-order valence-corrected chi connectivity index (χ3v) is 4.76. The van der Waals surface area contributed by atoms with E-state index in [0.29, 0.717) is 16.5 Å². The highest BCUT2D eigenvalue weighted by Crippen LogP contribution is 2.50. The standard InChI is InChI=1S/C16H13Cl2N3O/c1-22-15-4-2-3-10-14(20-21-19)8-11(16(10)15)9-5-6-12(17)13(18)7-9/h2-7,11,14H,8H2,1H3/t11-,14+/m0/s1. The van der Waals surface area contributed by atoms with Gasteiger partial charge in [0.05, 0.1) is 23.2 Å². The van der Waals surface area contributed by atoms with E-state index in [1.807, 2.05) is 30.3 Å². The van der Waals surface area contributed by atoms with Crippen LogP contribution in [0.15, 0.2) is 41.5 Å². The number of rotatable bonds is 3. The smallest absolute Gasteiger partial charge is 0.122 e. The molecule has 0 bridgehead atoms. The first-order valence-corrected chi connectivity index (χ1v) is 7.57. The molecule has 0 saturated carbocycles. The van der Waals surface area contributed by atoms with Gasteiger partial charge in [0.25, 0.3) is 0 Å². The lowest BCUT2D eigenvalue weighted by molar-refractivity contribution is 0.408. The zero-order valence-corrected chi connectivity index (χ0v) is 13.3. The molecule has 0 unspecified atom stereocenters. The molecule has 1 aliphatic rings. The Kier molecular flexibility index (Phi) is 4.16. The minimum atomic E-state index is -0.199. The number of benzene rings is 2. The van der Waals surface area contributed by atoms with E-state index >= 15 is 0 Å². The molecular weight excluding hydrogens is 321 g/mol. The van der Waals surface area contributed by atoms with Crippen LogP contribution in [0.25, 0.3) is 10.4 Å². The summed E-state index contributed by atoms with van der Waals surface area (Å²) in [6.45, 7) is 0. The molecule has 0 aliphatic heterocycles. The van der Waals surface area contributed by atoms with Gasteiger partial charge in [0.2, 0.25) is 0 Å². The van der Waals surface area contributed by atoms with Crippen LogP contribution in [0, 0.1) is 0 Å². The van der Waals surface area contributed by atoms with Crippen LogP contribution < -0.4 is 4.74 Å². The molecule has 0 heterocycles. The first-order valence-electron chi connectivity index (χ1n) is 6.81. The third kappa shape index (κ3) is 2.50. The van der Waals surface area contributed by atoms with Gasteiger partial charge >= 0.3 is 0 Å². The number of fused-ring (bicyclic) bond motifs is 1. The summed E-state index contributed by atoms with van der Waals surface area (Å²) < 4.78 is 5.50. The highest BCUT2D eigenvalue weighted by Gasteiger charge is 2.34. The van der Waals surface area contributed by atoms with E-state index in [9.17, 15) is 0 Å². The van der Waals surface area contributed by atoms with E-state index in [1.54, 1.807) is 13.2 Å². The zero-order chi connectivity index (χ0) is 15.7. The van der Waals surface area contributed by atoms with Crippen molar-refractivity contribution in [2.24, 2.45) is 5.11 Å². The first kappa shape index (κ1) is 15.0. The molecule has 0 aromatic heterocycles. The molecule has 0 radical (unpaired) electrons. The van der Waals surface area contributed by atoms with Crippen LogP contribution >= 0.6 is 23.2 Å². The van der Waals surface area contributed by atoms with Gasteiger partial charge in [-0.25, -0.2) is 0 Å². The second kappa shape index (κ2) is 6.09. The SMILES string of the molecule is COc1cccc2c1[C@H](c1ccc(Cl)c(Cl)c1)C[C@H]2N=[N+]=[N-]. The Bertz CT molecular complexity index is 772. The van der Waals surface area contributed by atoms with E-state index < -0.39 is 0 Å². The van der Waals surface area contributed by atoms with Gasteiger partial charge in [-0.15, -0.1) is 0 Å². The number of nitrogens with zero attached hydrogens (tertiary/aromatic N) is 3. The summed E-state index contributed by atoms with van der Waals surface area (Å²) in [6, 6.07) is 11.2.